The minimum atomic E-state index is 0.783. The number of rotatable bonds is 3. The molecular formula is C17H18N4. The maximum Gasteiger partial charge on any atom is 0.234 e. The van der Waals surface area contributed by atoms with Crippen molar-refractivity contribution in [3.8, 4) is 11.3 Å². The molecule has 1 aliphatic rings. The zero-order chi connectivity index (χ0) is 14.1. The molecule has 3 heterocycles. The lowest BCUT2D eigenvalue weighted by atomic mass is 10.1. The Kier molecular flexibility index (Phi) is 3.16. The smallest absolute Gasteiger partial charge is 0.234 e. The number of hydrogen-bond acceptors (Lipinski definition) is 3. The van der Waals surface area contributed by atoms with Crippen molar-refractivity contribution < 1.29 is 0 Å². The van der Waals surface area contributed by atoms with Gasteiger partial charge in [-0.05, 0) is 32.0 Å². The van der Waals surface area contributed by atoms with Crippen LogP contribution >= 0.6 is 0 Å². The highest BCUT2D eigenvalue weighted by molar-refractivity contribution is 5.65. The number of likely N-dealkylation sites (tertiary alicyclic amines) is 1. The Hall–Kier alpha value is -2.20. The zero-order valence-electron chi connectivity index (χ0n) is 11.9. The minimum absolute atomic E-state index is 0.783. The first-order valence-electron chi connectivity index (χ1n) is 7.51. The average molecular weight is 278 g/mol. The molecule has 0 amide bonds. The molecule has 0 radical (unpaired) electrons. The molecule has 2 aromatic heterocycles. The summed E-state index contributed by atoms with van der Waals surface area (Å²) in [6.07, 6.45) is 6.47. The molecular weight excluding hydrogens is 260 g/mol. The van der Waals surface area contributed by atoms with Crippen LogP contribution in [-0.4, -0.2) is 32.4 Å². The molecule has 21 heavy (non-hydrogen) atoms. The lowest BCUT2D eigenvalue weighted by molar-refractivity contribution is 0.326. The van der Waals surface area contributed by atoms with Crippen LogP contribution in [-0.2, 0) is 6.54 Å². The highest BCUT2D eigenvalue weighted by Gasteiger charge is 2.19. The summed E-state index contributed by atoms with van der Waals surface area (Å²) in [5, 5.41) is 0. The van der Waals surface area contributed by atoms with Gasteiger partial charge in [-0.15, -0.1) is 0 Å². The van der Waals surface area contributed by atoms with E-state index >= 15 is 0 Å². The Balaban J connectivity index is 1.84. The van der Waals surface area contributed by atoms with Crippen molar-refractivity contribution in [1.29, 1.82) is 0 Å². The first kappa shape index (κ1) is 12.5. The number of aromatic nitrogens is 3. The standard InChI is InChI=1S/C17H18N4/c1-2-7-14(8-3-1)16-15(13-20-10-4-5-11-20)21-12-6-9-18-17(21)19-16/h1-3,6-9,12H,4-5,10-11,13H2. The third-order valence-corrected chi connectivity index (χ3v) is 4.12. The zero-order valence-corrected chi connectivity index (χ0v) is 11.9. The molecule has 0 saturated carbocycles. The van der Waals surface area contributed by atoms with Crippen molar-refractivity contribution in [1.82, 2.24) is 19.3 Å². The van der Waals surface area contributed by atoms with Gasteiger partial charge in [0.1, 0.15) is 0 Å². The lowest BCUT2D eigenvalue weighted by Crippen LogP contribution is -2.19. The number of nitrogens with zero attached hydrogens (tertiary/aromatic N) is 4. The van der Waals surface area contributed by atoms with E-state index in [0.717, 1.165) is 23.6 Å². The fourth-order valence-electron chi connectivity index (χ4n) is 3.07. The molecule has 0 spiro atoms. The van der Waals surface area contributed by atoms with Crippen LogP contribution in [0.25, 0.3) is 17.0 Å². The molecule has 1 fully saturated rings. The summed E-state index contributed by atoms with van der Waals surface area (Å²) < 4.78 is 2.13. The Morgan fingerprint density at radius 2 is 1.81 bits per heavy atom. The quantitative estimate of drug-likeness (QED) is 0.738. The SMILES string of the molecule is c1ccc(-c2nc3ncccn3c2CN2CCCC2)cc1. The molecule has 1 saturated heterocycles. The van der Waals surface area contributed by atoms with Crippen molar-refractivity contribution in [3.63, 3.8) is 0 Å². The molecule has 0 atom stereocenters. The second-order valence-corrected chi connectivity index (χ2v) is 5.55. The Bertz CT molecular complexity index is 742. The number of imidazole rings is 1. The largest absolute Gasteiger partial charge is 0.297 e. The molecule has 3 aromatic rings. The minimum Gasteiger partial charge on any atom is -0.297 e. The number of benzene rings is 1. The van der Waals surface area contributed by atoms with Gasteiger partial charge in [0.15, 0.2) is 0 Å². The first-order valence-corrected chi connectivity index (χ1v) is 7.51. The van der Waals surface area contributed by atoms with Crippen LogP contribution in [0.3, 0.4) is 0 Å². The Morgan fingerprint density at radius 3 is 2.62 bits per heavy atom. The lowest BCUT2D eigenvalue weighted by Gasteiger charge is -2.15. The van der Waals surface area contributed by atoms with E-state index in [1.807, 2.05) is 12.1 Å². The van der Waals surface area contributed by atoms with Gasteiger partial charge in [-0.25, -0.2) is 9.97 Å². The van der Waals surface area contributed by atoms with Crippen LogP contribution in [0.15, 0.2) is 48.8 Å². The van der Waals surface area contributed by atoms with E-state index in [9.17, 15) is 0 Å². The average Bonchev–Trinajstić information content (AvgIpc) is 3.17. The van der Waals surface area contributed by atoms with E-state index in [1.165, 1.54) is 31.6 Å². The van der Waals surface area contributed by atoms with Crippen molar-refractivity contribution in [2.24, 2.45) is 0 Å². The van der Waals surface area contributed by atoms with Crippen molar-refractivity contribution in [2.45, 2.75) is 19.4 Å². The van der Waals surface area contributed by atoms with Gasteiger partial charge in [-0.3, -0.25) is 9.30 Å². The highest BCUT2D eigenvalue weighted by Crippen LogP contribution is 2.25. The molecule has 4 rings (SSSR count). The van der Waals surface area contributed by atoms with E-state index in [-0.39, 0.29) is 0 Å². The van der Waals surface area contributed by atoms with Gasteiger partial charge >= 0.3 is 0 Å². The first-order chi connectivity index (χ1) is 10.4. The van der Waals surface area contributed by atoms with Crippen LogP contribution < -0.4 is 0 Å². The van der Waals surface area contributed by atoms with Gasteiger partial charge < -0.3 is 0 Å². The summed E-state index contributed by atoms with van der Waals surface area (Å²) in [6.45, 7) is 3.31. The summed E-state index contributed by atoms with van der Waals surface area (Å²) in [7, 11) is 0. The van der Waals surface area contributed by atoms with E-state index in [4.69, 9.17) is 4.98 Å². The van der Waals surface area contributed by atoms with Gasteiger partial charge in [0, 0.05) is 24.5 Å². The number of hydrogen-bond donors (Lipinski definition) is 0. The summed E-state index contributed by atoms with van der Waals surface area (Å²) >= 11 is 0. The predicted molar refractivity (Wildman–Crippen MR) is 82.9 cm³/mol. The molecule has 0 N–H and O–H groups in total. The monoisotopic (exact) mass is 278 g/mol. The molecule has 1 aliphatic heterocycles. The molecule has 4 heteroatoms. The third kappa shape index (κ3) is 2.32. The van der Waals surface area contributed by atoms with Gasteiger partial charge in [-0.2, -0.15) is 0 Å². The summed E-state index contributed by atoms with van der Waals surface area (Å²) in [5.41, 5.74) is 3.46. The van der Waals surface area contributed by atoms with E-state index in [2.05, 4.69) is 44.7 Å². The fourth-order valence-corrected chi connectivity index (χ4v) is 3.07. The molecule has 106 valence electrons. The fraction of sp³-hybridized carbons (Fsp3) is 0.294. The summed E-state index contributed by atoms with van der Waals surface area (Å²) in [4.78, 5) is 11.6. The summed E-state index contributed by atoms with van der Waals surface area (Å²) in [6, 6.07) is 12.4. The van der Waals surface area contributed by atoms with E-state index < -0.39 is 0 Å². The van der Waals surface area contributed by atoms with E-state index in [0.29, 0.717) is 0 Å². The molecule has 0 bridgehead atoms. The van der Waals surface area contributed by atoms with Gasteiger partial charge in [-0.1, -0.05) is 30.3 Å². The maximum atomic E-state index is 4.75. The van der Waals surface area contributed by atoms with Crippen molar-refractivity contribution >= 4 is 5.78 Å². The molecule has 0 aliphatic carbocycles. The van der Waals surface area contributed by atoms with Crippen LogP contribution in [0.2, 0.25) is 0 Å². The van der Waals surface area contributed by atoms with Gasteiger partial charge in [0.2, 0.25) is 5.78 Å². The van der Waals surface area contributed by atoms with Crippen molar-refractivity contribution in [3.05, 3.63) is 54.5 Å². The summed E-state index contributed by atoms with van der Waals surface area (Å²) in [5.74, 6) is 0.783. The second kappa shape index (κ2) is 5.30. The Labute approximate surface area is 124 Å². The normalized spacial score (nSPS) is 15.8. The van der Waals surface area contributed by atoms with Gasteiger partial charge in [0.25, 0.3) is 0 Å². The molecule has 4 nitrogen and oxygen atoms in total. The van der Waals surface area contributed by atoms with Gasteiger partial charge in [0.05, 0.1) is 11.4 Å². The van der Waals surface area contributed by atoms with E-state index in [1.54, 1.807) is 6.20 Å². The van der Waals surface area contributed by atoms with Crippen LogP contribution in [0.5, 0.6) is 0 Å². The highest BCUT2D eigenvalue weighted by atomic mass is 15.2. The third-order valence-electron chi connectivity index (χ3n) is 4.12. The van der Waals surface area contributed by atoms with Crippen LogP contribution in [0.1, 0.15) is 18.5 Å². The second-order valence-electron chi connectivity index (χ2n) is 5.55. The van der Waals surface area contributed by atoms with Crippen molar-refractivity contribution in [2.75, 3.05) is 13.1 Å². The predicted octanol–water partition coefficient (Wildman–Crippen LogP) is 2.99. The molecule has 1 aromatic carbocycles. The maximum absolute atomic E-state index is 4.75. The Morgan fingerprint density at radius 1 is 1.00 bits per heavy atom. The van der Waals surface area contributed by atoms with Crippen LogP contribution in [0, 0.1) is 0 Å². The van der Waals surface area contributed by atoms with Crippen LogP contribution in [0.4, 0.5) is 0 Å². The molecule has 0 unspecified atom stereocenters. The topological polar surface area (TPSA) is 33.4 Å². The number of fused-ring (bicyclic) bond motifs is 1.